The number of anilines is 1. The van der Waals surface area contributed by atoms with E-state index in [0.717, 1.165) is 5.88 Å². The molecule has 0 bridgehead atoms. The first kappa shape index (κ1) is 14.3. The molecule has 1 aliphatic heterocycles. The molecule has 1 aliphatic rings. The van der Waals surface area contributed by atoms with Gasteiger partial charge in [0.15, 0.2) is 0 Å². The van der Waals surface area contributed by atoms with E-state index in [0.29, 0.717) is 21.5 Å². The van der Waals surface area contributed by atoms with Crippen molar-refractivity contribution in [1.82, 2.24) is 5.32 Å². The topological polar surface area (TPSA) is 84.3 Å². The first-order chi connectivity index (χ1) is 8.99. The molecule has 6 nitrogen and oxygen atoms in total. The molecule has 2 N–H and O–H groups in total. The van der Waals surface area contributed by atoms with Gasteiger partial charge in [-0.15, -0.1) is 11.8 Å². The Morgan fingerprint density at radius 3 is 2.95 bits per heavy atom. The van der Waals surface area contributed by atoms with Crippen LogP contribution in [0, 0.1) is 17.0 Å². The molecule has 1 aromatic rings. The van der Waals surface area contributed by atoms with Crippen molar-refractivity contribution in [1.29, 1.82) is 0 Å². The summed E-state index contributed by atoms with van der Waals surface area (Å²) in [5.41, 5.74) is 0.956. The third-order valence-corrected chi connectivity index (χ3v) is 4.37. The van der Waals surface area contributed by atoms with Crippen LogP contribution < -0.4 is 10.6 Å². The number of halogens is 1. The maximum absolute atomic E-state index is 12.0. The lowest BCUT2D eigenvalue weighted by molar-refractivity contribution is -0.385. The lowest BCUT2D eigenvalue weighted by Crippen LogP contribution is -2.37. The standard InChI is InChI=1S/C11H12BrN3O3S/c1-6-2-7(12)8(3-10(6)15(17)18)14-11(16)9-4-19-5-13-9/h2-3,9,13H,4-5H2,1H3,(H,14,16). The van der Waals surface area contributed by atoms with E-state index < -0.39 is 4.92 Å². The zero-order chi connectivity index (χ0) is 14.0. The number of hydrogen-bond donors (Lipinski definition) is 2. The highest BCUT2D eigenvalue weighted by molar-refractivity contribution is 9.10. The first-order valence-electron chi connectivity index (χ1n) is 5.55. The number of aryl methyl sites for hydroxylation is 1. The second-order valence-corrected chi connectivity index (χ2v) is 6.02. The van der Waals surface area contributed by atoms with Crippen LogP contribution in [0.15, 0.2) is 16.6 Å². The summed E-state index contributed by atoms with van der Waals surface area (Å²) in [4.78, 5) is 22.4. The maximum atomic E-state index is 12.0. The summed E-state index contributed by atoms with van der Waals surface area (Å²) in [6, 6.07) is 2.75. The lowest BCUT2D eigenvalue weighted by atomic mass is 10.2. The molecule has 1 heterocycles. The van der Waals surface area contributed by atoms with Crippen molar-refractivity contribution in [3.05, 3.63) is 32.3 Å². The van der Waals surface area contributed by atoms with Gasteiger partial charge in [-0.2, -0.15) is 0 Å². The molecule has 1 unspecified atom stereocenters. The van der Waals surface area contributed by atoms with Crippen LogP contribution >= 0.6 is 27.7 Å². The van der Waals surface area contributed by atoms with Gasteiger partial charge < -0.3 is 5.32 Å². The zero-order valence-electron chi connectivity index (χ0n) is 10.1. The fourth-order valence-corrected chi connectivity index (χ4v) is 3.24. The number of nitrogens with zero attached hydrogens (tertiary/aromatic N) is 1. The molecule has 8 heteroatoms. The first-order valence-corrected chi connectivity index (χ1v) is 7.50. The van der Waals surface area contributed by atoms with Gasteiger partial charge in [-0.05, 0) is 28.9 Å². The minimum Gasteiger partial charge on any atom is -0.323 e. The van der Waals surface area contributed by atoms with Crippen LogP contribution in [0.4, 0.5) is 11.4 Å². The lowest BCUT2D eigenvalue weighted by Gasteiger charge is -2.12. The summed E-state index contributed by atoms with van der Waals surface area (Å²) in [6.07, 6.45) is 0. The van der Waals surface area contributed by atoms with E-state index in [4.69, 9.17) is 0 Å². The summed E-state index contributed by atoms with van der Waals surface area (Å²) in [5, 5.41) is 16.6. The van der Waals surface area contributed by atoms with Crippen molar-refractivity contribution in [2.24, 2.45) is 0 Å². The number of benzene rings is 1. The fourth-order valence-electron chi connectivity index (χ4n) is 1.74. The van der Waals surface area contributed by atoms with Gasteiger partial charge in [-0.1, -0.05) is 0 Å². The van der Waals surface area contributed by atoms with Gasteiger partial charge in [0.25, 0.3) is 5.69 Å². The molecule has 102 valence electrons. The van der Waals surface area contributed by atoms with Crippen LogP contribution in [-0.4, -0.2) is 28.5 Å². The van der Waals surface area contributed by atoms with E-state index in [9.17, 15) is 14.9 Å². The molecule has 2 rings (SSSR count). The monoisotopic (exact) mass is 345 g/mol. The van der Waals surface area contributed by atoms with Crippen molar-refractivity contribution in [3.8, 4) is 0 Å². The van der Waals surface area contributed by atoms with E-state index in [1.807, 2.05) is 0 Å². The highest BCUT2D eigenvalue weighted by atomic mass is 79.9. The molecular formula is C11H12BrN3O3S. The van der Waals surface area contributed by atoms with Crippen LogP contribution in [0.1, 0.15) is 5.56 Å². The summed E-state index contributed by atoms with van der Waals surface area (Å²) in [6.45, 7) is 1.66. The molecule has 0 radical (unpaired) electrons. The molecule has 19 heavy (non-hydrogen) atoms. The number of nitro groups is 1. The van der Waals surface area contributed by atoms with Gasteiger partial charge in [-0.3, -0.25) is 20.2 Å². The third-order valence-electron chi connectivity index (χ3n) is 2.77. The predicted octanol–water partition coefficient (Wildman–Crippen LogP) is 2.27. The van der Waals surface area contributed by atoms with Gasteiger partial charge >= 0.3 is 0 Å². The van der Waals surface area contributed by atoms with Crippen LogP contribution in [0.2, 0.25) is 0 Å². The number of carbonyl (C=O) groups is 1. The molecule has 1 saturated heterocycles. The second-order valence-electron chi connectivity index (χ2n) is 4.14. The maximum Gasteiger partial charge on any atom is 0.274 e. The van der Waals surface area contributed by atoms with Crippen molar-refractivity contribution in [2.75, 3.05) is 16.9 Å². The Bertz CT molecular complexity index is 532. The second kappa shape index (κ2) is 5.89. The molecule has 1 fully saturated rings. The number of nitrogens with one attached hydrogen (secondary N) is 2. The van der Waals surface area contributed by atoms with Gasteiger partial charge in [0, 0.05) is 27.7 Å². The summed E-state index contributed by atoms with van der Waals surface area (Å²) in [7, 11) is 0. The Balaban J connectivity index is 2.21. The zero-order valence-corrected chi connectivity index (χ0v) is 12.5. The van der Waals surface area contributed by atoms with E-state index in [1.165, 1.54) is 6.07 Å². The van der Waals surface area contributed by atoms with E-state index in [-0.39, 0.29) is 17.6 Å². The van der Waals surface area contributed by atoms with Crippen molar-refractivity contribution < 1.29 is 9.72 Å². The van der Waals surface area contributed by atoms with Crippen LogP contribution in [0.3, 0.4) is 0 Å². The normalized spacial score (nSPS) is 18.3. The number of rotatable bonds is 3. The van der Waals surface area contributed by atoms with E-state index >= 15 is 0 Å². The summed E-state index contributed by atoms with van der Waals surface area (Å²) < 4.78 is 0.634. The third kappa shape index (κ3) is 3.26. The smallest absolute Gasteiger partial charge is 0.274 e. The molecule has 0 aromatic heterocycles. The Morgan fingerprint density at radius 2 is 2.37 bits per heavy atom. The van der Waals surface area contributed by atoms with Crippen LogP contribution in [0.25, 0.3) is 0 Å². The molecule has 1 aromatic carbocycles. The van der Waals surface area contributed by atoms with Crippen LogP contribution in [0.5, 0.6) is 0 Å². The number of hydrogen-bond acceptors (Lipinski definition) is 5. The van der Waals surface area contributed by atoms with Crippen molar-refractivity contribution in [3.63, 3.8) is 0 Å². The number of carbonyl (C=O) groups excluding carboxylic acids is 1. The van der Waals surface area contributed by atoms with Crippen molar-refractivity contribution in [2.45, 2.75) is 13.0 Å². The van der Waals surface area contributed by atoms with Crippen molar-refractivity contribution >= 4 is 45.0 Å². The Hall–Kier alpha value is -1.12. The quantitative estimate of drug-likeness (QED) is 0.648. The minimum absolute atomic E-state index is 0.00717. The van der Waals surface area contributed by atoms with E-state index in [1.54, 1.807) is 24.8 Å². The molecule has 0 spiro atoms. The Kier molecular flexibility index (Phi) is 4.43. The van der Waals surface area contributed by atoms with Gasteiger partial charge in [0.1, 0.15) is 0 Å². The van der Waals surface area contributed by atoms with Gasteiger partial charge in [0.2, 0.25) is 5.91 Å². The average molecular weight is 346 g/mol. The van der Waals surface area contributed by atoms with Gasteiger partial charge in [0.05, 0.1) is 16.7 Å². The largest absolute Gasteiger partial charge is 0.323 e. The molecule has 0 saturated carbocycles. The summed E-state index contributed by atoms with van der Waals surface area (Å²) in [5.74, 6) is 1.27. The highest BCUT2D eigenvalue weighted by Crippen LogP contribution is 2.30. The number of amides is 1. The number of nitro benzene ring substituents is 1. The molecular weight excluding hydrogens is 334 g/mol. The number of thioether (sulfide) groups is 1. The van der Waals surface area contributed by atoms with Crippen LogP contribution in [-0.2, 0) is 4.79 Å². The van der Waals surface area contributed by atoms with E-state index in [2.05, 4.69) is 26.6 Å². The summed E-state index contributed by atoms with van der Waals surface area (Å²) >= 11 is 4.95. The highest BCUT2D eigenvalue weighted by Gasteiger charge is 2.24. The predicted molar refractivity (Wildman–Crippen MR) is 78.4 cm³/mol. The fraction of sp³-hybridized carbons (Fsp3) is 0.364. The Morgan fingerprint density at radius 1 is 1.63 bits per heavy atom. The molecule has 1 atom stereocenters. The van der Waals surface area contributed by atoms with Gasteiger partial charge in [-0.25, -0.2) is 0 Å². The Labute approximate surface area is 122 Å². The molecule has 0 aliphatic carbocycles. The SMILES string of the molecule is Cc1cc(Br)c(NC(=O)C2CSCN2)cc1[N+](=O)[O-]. The molecule has 1 amide bonds. The minimum atomic E-state index is -0.457. The average Bonchev–Trinajstić information content (AvgIpc) is 2.85.